The fourth-order valence-electron chi connectivity index (χ4n) is 14.9. The molecule has 5 aliphatic carbocycles. The first-order valence-corrected chi connectivity index (χ1v) is 21.8. The zero-order chi connectivity index (χ0) is 42.1. The van der Waals surface area contributed by atoms with Crippen molar-refractivity contribution >= 4 is 23.9 Å². The Labute approximate surface area is 343 Å². The zero-order valence-corrected chi connectivity index (χ0v) is 36.4. The van der Waals surface area contributed by atoms with Crippen molar-refractivity contribution in [1.29, 1.82) is 0 Å². The maximum atomic E-state index is 13.6. The van der Waals surface area contributed by atoms with E-state index in [1.807, 2.05) is 30.3 Å². The van der Waals surface area contributed by atoms with Gasteiger partial charge in [-0.3, -0.25) is 19.2 Å². The molecule has 3 spiro atoms. The van der Waals surface area contributed by atoms with Crippen LogP contribution in [-0.4, -0.2) is 70.9 Å². The number of carbonyl (C=O) groups excluding carboxylic acids is 4. The van der Waals surface area contributed by atoms with E-state index >= 15 is 0 Å². The monoisotopic (exact) mass is 806 g/mol. The number of rotatable bonds is 9. The van der Waals surface area contributed by atoms with Crippen molar-refractivity contribution in [2.45, 2.75) is 175 Å². The fraction of sp³-hybridized carbons (Fsp3) is 0.787. The summed E-state index contributed by atoms with van der Waals surface area (Å²) in [4.78, 5) is 52.9. The summed E-state index contributed by atoms with van der Waals surface area (Å²) >= 11 is 0. The molecule has 0 amide bonds. The molecular formula is C47H66O11. The Morgan fingerprint density at radius 3 is 2.09 bits per heavy atom. The predicted molar refractivity (Wildman–Crippen MR) is 211 cm³/mol. The molecule has 2 unspecified atom stereocenters. The molecule has 58 heavy (non-hydrogen) atoms. The summed E-state index contributed by atoms with van der Waals surface area (Å²) in [5, 5.41) is 11.5. The molecule has 7 fully saturated rings. The van der Waals surface area contributed by atoms with Gasteiger partial charge in [0.05, 0.1) is 24.0 Å². The molecule has 11 nitrogen and oxygen atoms in total. The smallest absolute Gasteiger partial charge is 0.312 e. The van der Waals surface area contributed by atoms with Crippen molar-refractivity contribution in [3.8, 4) is 0 Å². The van der Waals surface area contributed by atoms with Gasteiger partial charge in [0.15, 0.2) is 5.79 Å². The summed E-state index contributed by atoms with van der Waals surface area (Å²) in [5.41, 5.74) is -3.81. The molecule has 0 aromatic heterocycles. The highest BCUT2D eigenvalue weighted by atomic mass is 16.7. The van der Waals surface area contributed by atoms with E-state index in [2.05, 4.69) is 27.7 Å². The molecule has 2 saturated heterocycles. The van der Waals surface area contributed by atoms with Gasteiger partial charge in [0.2, 0.25) is 0 Å². The lowest BCUT2D eigenvalue weighted by Crippen LogP contribution is -2.63. The average molecular weight is 807 g/mol. The van der Waals surface area contributed by atoms with E-state index < -0.39 is 63.4 Å². The van der Waals surface area contributed by atoms with Crippen molar-refractivity contribution in [1.82, 2.24) is 0 Å². The van der Waals surface area contributed by atoms with Crippen LogP contribution in [0.3, 0.4) is 0 Å². The summed E-state index contributed by atoms with van der Waals surface area (Å²) < 4.78 is 38.6. The largest absolute Gasteiger partial charge is 0.462 e. The molecule has 1 aromatic rings. The molecule has 11 heteroatoms. The van der Waals surface area contributed by atoms with E-state index in [0.717, 1.165) is 50.5 Å². The van der Waals surface area contributed by atoms with Gasteiger partial charge in [-0.25, -0.2) is 0 Å². The molecule has 320 valence electrons. The van der Waals surface area contributed by atoms with Crippen molar-refractivity contribution in [3.63, 3.8) is 0 Å². The van der Waals surface area contributed by atoms with Crippen LogP contribution in [0.2, 0.25) is 0 Å². The molecule has 8 rings (SSSR count). The van der Waals surface area contributed by atoms with E-state index in [1.54, 1.807) is 27.7 Å². The summed E-state index contributed by atoms with van der Waals surface area (Å²) in [6, 6.07) is 9.50. The second kappa shape index (κ2) is 13.2. The van der Waals surface area contributed by atoms with Gasteiger partial charge in [-0.15, -0.1) is 0 Å². The molecule has 2 bridgehead atoms. The third-order valence-electron chi connectivity index (χ3n) is 17.5. The van der Waals surface area contributed by atoms with Crippen LogP contribution in [0.5, 0.6) is 0 Å². The van der Waals surface area contributed by atoms with Gasteiger partial charge in [0.25, 0.3) is 0 Å². The normalized spacial score (nSPS) is 43.2. The highest BCUT2D eigenvalue weighted by Gasteiger charge is 2.88. The maximum absolute atomic E-state index is 13.6. The number of carbonyl (C=O) groups is 4. The fourth-order valence-corrected chi connectivity index (χ4v) is 14.9. The van der Waals surface area contributed by atoms with Crippen LogP contribution in [0.4, 0.5) is 0 Å². The topological polar surface area (TPSA) is 144 Å². The molecule has 2 aliphatic heterocycles. The number of aliphatic hydroxyl groups is 1. The first-order chi connectivity index (χ1) is 26.9. The van der Waals surface area contributed by atoms with Crippen molar-refractivity contribution in [2.75, 3.05) is 6.61 Å². The number of fused-ring (bicyclic) bond motifs is 4. The Kier molecular flexibility index (Phi) is 9.52. The minimum Gasteiger partial charge on any atom is -0.462 e. The molecule has 2 heterocycles. The van der Waals surface area contributed by atoms with Gasteiger partial charge in [0, 0.05) is 42.4 Å². The highest BCUT2D eigenvalue weighted by molar-refractivity contribution is 5.83. The van der Waals surface area contributed by atoms with Crippen LogP contribution < -0.4 is 0 Å². The van der Waals surface area contributed by atoms with E-state index in [9.17, 15) is 24.3 Å². The molecule has 12 atom stereocenters. The Balaban J connectivity index is 1.07. The Morgan fingerprint density at radius 1 is 0.793 bits per heavy atom. The number of esters is 4. The lowest BCUT2D eigenvalue weighted by molar-refractivity contribution is -0.316. The van der Waals surface area contributed by atoms with Crippen LogP contribution in [-0.2, 0) is 54.2 Å². The summed E-state index contributed by atoms with van der Waals surface area (Å²) in [7, 11) is 0. The number of hydrogen-bond donors (Lipinski definition) is 1. The quantitative estimate of drug-likeness (QED) is 0.194. The van der Waals surface area contributed by atoms with E-state index in [4.69, 9.17) is 28.4 Å². The highest BCUT2D eigenvalue weighted by Crippen LogP contribution is 2.90. The second-order valence-corrected chi connectivity index (χ2v) is 21.7. The SMILES string of the molecule is CC(=O)O[C@H]1[C@@H](OC(C)=O)[C@@]2(C)C3CCC4C(C)(C)[C@@H](OC(=O)CC(C)(C)C(=O)OCc5ccccc5)CC[C@@]45C[C@@]35CC[C@@]23CO[C@@]2(C(C)(C)O)CC[C@](C)(O2)[C@@H]13. The van der Waals surface area contributed by atoms with Gasteiger partial charge >= 0.3 is 23.9 Å². The van der Waals surface area contributed by atoms with Gasteiger partial charge in [-0.05, 0) is 114 Å². The Hall–Kier alpha value is -3.02. The average Bonchev–Trinajstić information content (AvgIpc) is 3.62. The zero-order valence-electron chi connectivity index (χ0n) is 36.4. The van der Waals surface area contributed by atoms with Gasteiger partial charge in [-0.1, -0.05) is 51.1 Å². The molecule has 1 N–H and O–H groups in total. The Morgan fingerprint density at radius 2 is 1.43 bits per heavy atom. The number of ether oxygens (including phenoxy) is 6. The first-order valence-electron chi connectivity index (χ1n) is 21.8. The molecule has 1 aromatic carbocycles. The third kappa shape index (κ3) is 5.74. The van der Waals surface area contributed by atoms with Gasteiger partial charge in [-0.2, -0.15) is 0 Å². The van der Waals surface area contributed by atoms with E-state index in [1.165, 1.54) is 13.8 Å². The van der Waals surface area contributed by atoms with E-state index in [-0.39, 0.29) is 53.2 Å². The predicted octanol–water partition coefficient (Wildman–Crippen LogP) is 7.63. The van der Waals surface area contributed by atoms with Crippen molar-refractivity contribution in [2.24, 2.45) is 50.2 Å². The van der Waals surface area contributed by atoms with Crippen LogP contribution in [0.25, 0.3) is 0 Å². The minimum atomic E-state index is -1.29. The van der Waals surface area contributed by atoms with Crippen LogP contribution >= 0.6 is 0 Å². The third-order valence-corrected chi connectivity index (χ3v) is 17.5. The lowest BCUT2D eigenvalue weighted by Gasteiger charge is -2.64. The molecule has 5 saturated carbocycles. The maximum Gasteiger partial charge on any atom is 0.312 e. The van der Waals surface area contributed by atoms with Crippen LogP contribution in [0, 0.1) is 50.2 Å². The number of hydrogen-bond acceptors (Lipinski definition) is 11. The van der Waals surface area contributed by atoms with E-state index in [0.29, 0.717) is 25.4 Å². The standard InChI is InChI=1S/C47H66O11/c1-28(48)55-35-36-42(9)20-23-47(58-42,41(7,8)52)54-27-46(36)22-21-45-26-44(45)19-18-33(40(5,6)31(44)16-17-32(45)43(46,10)37(35)56-29(2)49)57-34(50)24-39(3,4)38(51)53-25-30-14-12-11-13-15-30/h11-15,31-33,35-37,52H,16-27H2,1-10H3/t31?,32?,33-,35+,36+,37+,42-,43+,44+,45-,46-,47-/m0/s1. The van der Waals surface area contributed by atoms with Crippen molar-refractivity contribution in [3.05, 3.63) is 35.9 Å². The summed E-state index contributed by atoms with van der Waals surface area (Å²) in [5.74, 6) is -2.78. The second-order valence-electron chi connectivity index (χ2n) is 21.7. The molecule has 7 aliphatic rings. The van der Waals surface area contributed by atoms with Crippen LogP contribution in [0.15, 0.2) is 30.3 Å². The summed E-state index contributed by atoms with van der Waals surface area (Å²) in [6.07, 6.45) is 5.48. The first kappa shape index (κ1) is 41.7. The minimum absolute atomic E-state index is 0.0164. The van der Waals surface area contributed by atoms with Crippen LogP contribution in [0.1, 0.15) is 139 Å². The molecule has 0 radical (unpaired) electrons. The van der Waals surface area contributed by atoms with Crippen molar-refractivity contribution < 1.29 is 52.7 Å². The molecular weight excluding hydrogens is 741 g/mol. The Bertz CT molecular complexity index is 1850. The number of benzene rings is 1. The van der Waals surface area contributed by atoms with Gasteiger partial charge < -0.3 is 33.5 Å². The van der Waals surface area contributed by atoms with Gasteiger partial charge in [0.1, 0.15) is 30.5 Å². The lowest BCUT2D eigenvalue weighted by atomic mass is 9.41. The summed E-state index contributed by atoms with van der Waals surface area (Å²) in [6.45, 7) is 19.1.